The minimum absolute atomic E-state index is 0.0451. The highest BCUT2D eigenvalue weighted by atomic mass is 16.3. The lowest BCUT2D eigenvalue weighted by molar-refractivity contribution is -0.130. The lowest BCUT2D eigenvalue weighted by Gasteiger charge is -2.46. The number of benzene rings is 4. The molecule has 10 atom stereocenters. The number of fused-ring (bicyclic) bond motifs is 12. The Kier molecular flexibility index (Phi) is 19.9. The second-order valence-electron chi connectivity index (χ2n) is 27.6. The van der Waals surface area contributed by atoms with E-state index in [0.29, 0.717) is 72.8 Å². The van der Waals surface area contributed by atoms with Gasteiger partial charge < -0.3 is 51.1 Å². The van der Waals surface area contributed by atoms with Crippen molar-refractivity contribution in [3.63, 3.8) is 0 Å². The molecule has 8 aliphatic heterocycles. The Morgan fingerprint density at radius 3 is 0.893 bits per heavy atom. The second-order valence-corrected chi connectivity index (χ2v) is 27.6. The number of Topliss-reactive ketones (excluding diaryl/α,β-unsaturated/α-hetero) is 2. The maximum atomic E-state index is 12.4. The fraction of sp³-hybridized carbons (Fsp3) is 0.618. The van der Waals surface area contributed by atoms with E-state index in [4.69, 9.17) is 0 Å². The smallest absolute Gasteiger partial charge is 0.157 e. The van der Waals surface area contributed by atoms with Gasteiger partial charge in [-0.1, -0.05) is 55.4 Å². The third-order valence-corrected chi connectivity index (χ3v) is 19.4. The van der Waals surface area contributed by atoms with Crippen LogP contribution in [0.2, 0.25) is 0 Å². The standard InChI is InChI=1S/2C17H25NO3.2C17H23NO3/c4*1-10(2)5-12-9-18-4-3-11-6-16(20)17(21)7-13(11)14(18)8-15(12)19/h2*6-7,10,12,14-15,19-21H,3-5,8-9H2,1-2H3;2*6-7,10,12,14,20-21H,3-5,8-9H2,1-2H3/t12?,14-,15-;12-,14?,15+;12?,14-;12-,14?/m1010/s1. The molecule has 0 aliphatic carbocycles. The number of phenolic OH excluding ortho intramolecular Hbond substituents is 8. The van der Waals surface area contributed by atoms with Crippen LogP contribution < -0.4 is 0 Å². The molecule has 0 amide bonds. The molecule has 84 heavy (non-hydrogen) atoms. The summed E-state index contributed by atoms with van der Waals surface area (Å²) in [4.78, 5) is 34.4. The fourth-order valence-electron chi connectivity index (χ4n) is 15.4. The van der Waals surface area contributed by atoms with Gasteiger partial charge in [-0.3, -0.25) is 29.2 Å². The zero-order valence-corrected chi connectivity index (χ0v) is 50.9. The zero-order chi connectivity index (χ0) is 60.6. The molecule has 0 radical (unpaired) electrons. The van der Waals surface area contributed by atoms with Gasteiger partial charge in [-0.2, -0.15) is 0 Å². The normalized spacial score (nSPS) is 27.5. The minimum atomic E-state index is -0.282. The molecule has 4 unspecified atom stereocenters. The number of aromatic hydroxyl groups is 8. The summed E-state index contributed by atoms with van der Waals surface area (Å²) in [6.07, 6.45) is 9.44. The molecular formula is C68H96N4O12. The molecule has 4 aromatic rings. The maximum Gasteiger partial charge on any atom is 0.157 e. The summed E-state index contributed by atoms with van der Waals surface area (Å²) in [6.45, 7) is 24.7. The number of nitrogens with zero attached hydrogens (tertiary/aromatic N) is 4. The van der Waals surface area contributed by atoms with Crippen LogP contribution in [0.5, 0.6) is 46.0 Å². The van der Waals surface area contributed by atoms with Gasteiger partial charge in [0, 0.05) is 101 Å². The Hall–Kier alpha value is -5.62. The van der Waals surface area contributed by atoms with Crippen molar-refractivity contribution in [3.05, 3.63) is 93.0 Å². The molecule has 4 fully saturated rings. The maximum absolute atomic E-state index is 12.4. The van der Waals surface area contributed by atoms with Crippen molar-refractivity contribution in [2.24, 2.45) is 47.3 Å². The molecule has 0 bridgehead atoms. The average molecular weight is 1160 g/mol. The summed E-state index contributed by atoms with van der Waals surface area (Å²) < 4.78 is 0. The van der Waals surface area contributed by atoms with Crippen molar-refractivity contribution in [3.8, 4) is 46.0 Å². The van der Waals surface area contributed by atoms with Gasteiger partial charge >= 0.3 is 0 Å². The number of rotatable bonds is 8. The molecule has 10 N–H and O–H groups in total. The van der Waals surface area contributed by atoms with Crippen LogP contribution in [0.1, 0.15) is 175 Å². The van der Waals surface area contributed by atoms with Gasteiger partial charge in [0.15, 0.2) is 46.0 Å². The number of aliphatic hydroxyl groups is 2. The molecule has 460 valence electrons. The Morgan fingerprint density at radius 2 is 0.619 bits per heavy atom. The third-order valence-electron chi connectivity index (χ3n) is 19.4. The fourth-order valence-corrected chi connectivity index (χ4v) is 15.4. The van der Waals surface area contributed by atoms with Crippen molar-refractivity contribution in [1.29, 1.82) is 0 Å². The minimum Gasteiger partial charge on any atom is -0.504 e. The van der Waals surface area contributed by atoms with Crippen molar-refractivity contribution < 1.29 is 60.7 Å². The van der Waals surface area contributed by atoms with Gasteiger partial charge in [0.05, 0.1) is 12.2 Å². The molecule has 4 aromatic carbocycles. The predicted molar refractivity (Wildman–Crippen MR) is 323 cm³/mol. The number of carbonyl (C=O) groups is 2. The van der Waals surface area contributed by atoms with Crippen molar-refractivity contribution >= 4 is 11.6 Å². The molecule has 8 heterocycles. The van der Waals surface area contributed by atoms with Crippen LogP contribution in [-0.2, 0) is 35.3 Å². The first-order valence-electron chi connectivity index (χ1n) is 31.4. The molecule has 4 saturated heterocycles. The van der Waals surface area contributed by atoms with E-state index in [1.165, 1.54) is 0 Å². The lowest BCUT2D eigenvalue weighted by atomic mass is 9.79. The number of aliphatic hydroxyl groups excluding tert-OH is 2. The van der Waals surface area contributed by atoms with Crippen LogP contribution in [0.25, 0.3) is 0 Å². The molecular weight excluding hydrogens is 1060 g/mol. The van der Waals surface area contributed by atoms with Crippen molar-refractivity contribution in [1.82, 2.24) is 19.6 Å². The monoisotopic (exact) mass is 1160 g/mol. The Bertz CT molecular complexity index is 2780. The zero-order valence-electron chi connectivity index (χ0n) is 50.9. The third kappa shape index (κ3) is 14.3. The molecule has 0 aromatic heterocycles. The van der Waals surface area contributed by atoms with Gasteiger partial charge in [0.1, 0.15) is 11.6 Å². The molecule has 16 heteroatoms. The number of carbonyl (C=O) groups excluding carboxylic acids is 2. The number of phenols is 8. The van der Waals surface area contributed by atoms with E-state index >= 15 is 0 Å². The molecule has 0 spiro atoms. The largest absolute Gasteiger partial charge is 0.504 e. The van der Waals surface area contributed by atoms with Crippen LogP contribution in [0.3, 0.4) is 0 Å². The van der Waals surface area contributed by atoms with Crippen LogP contribution in [-0.4, -0.2) is 147 Å². The van der Waals surface area contributed by atoms with Crippen LogP contribution in [0.4, 0.5) is 0 Å². The van der Waals surface area contributed by atoms with E-state index in [0.717, 1.165) is 148 Å². The predicted octanol–water partition coefficient (Wildman–Crippen LogP) is 10.1. The molecule has 8 aliphatic rings. The number of piperidine rings is 4. The van der Waals surface area contributed by atoms with Gasteiger partial charge in [-0.05, 0) is 193 Å². The van der Waals surface area contributed by atoms with Crippen LogP contribution in [0, 0.1) is 47.3 Å². The Balaban J connectivity index is 0.000000134. The van der Waals surface area contributed by atoms with E-state index in [9.17, 15) is 60.7 Å². The van der Waals surface area contributed by atoms with E-state index in [1.807, 2.05) is 0 Å². The van der Waals surface area contributed by atoms with Crippen LogP contribution in [0.15, 0.2) is 48.5 Å². The quantitative estimate of drug-likeness (QED) is 0.0737. The molecule has 16 nitrogen and oxygen atoms in total. The van der Waals surface area contributed by atoms with Crippen LogP contribution >= 0.6 is 0 Å². The number of ketones is 2. The summed E-state index contributed by atoms with van der Waals surface area (Å²) in [5, 5.41) is 98.5. The number of hydrogen-bond donors (Lipinski definition) is 10. The summed E-state index contributed by atoms with van der Waals surface area (Å²) >= 11 is 0. The van der Waals surface area contributed by atoms with Crippen molar-refractivity contribution in [2.45, 2.75) is 169 Å². The van der Waals surface area contributed by atoms with E-state index < -0.39 is 0 Å². The number of hydrogen-bond acceptors (Lipinski definition) is 16. The van der Waals surface area contributed by atoms with Gasteiger partial charge in [0.2, 0.25) is 0 Å². The van der Waals surface area contributed by atoms with Gasteiger partial charge in [0.25, 0.3) is 0 Å². The lowest BCUT2D eigenvalue weighted by Crippen LogP contribution is -2.48. The summed E-state index contributed by atoms with van der Waals surface area (Å²) in [7, 11) is 0. The highest BCUT2D eigenvalue weighted by Gasteiger charge is 2.43. The van der Waals surface area contributed by atoms with Gasteiger partial charge in [-0.15, -0.1) is 0 Å². The summed E-state index contributed by atoms with van der Waals surface area (Å²) in [5.74, 6) is 3.39. The topological polar surface area (TPSA) is 249 Å². The second kappa shape index (κ2) is 26.6. The highest BCUT2D eigenvalue weighted by molar-refractivity contribution is 5.83. The Morgan fingerprint density at radius 1 is 0.369 bits per heavy atom. The highest BCUT2D eigenvalue weighted by Crippen LogP contribution is 2.47. The SMILES string of the molecule is CC(C)CC1CN2CCc3cc(O)c(O)cc3[C@H]2CC1=O.CC(C)CC1CN2CCc3cc(O)c(O)cc3[C@H]2C[C@H]1O.CC(C)C[C@H]1CN2CCc3cc(O)c(O)cc3C2CC1=O.CC(C)C[C@H]1CN2CCc3cc(O)c(O)cc3C2C[C@H]1O. The van der Waals surface area contributed by atoms with E-state index in [1.54, 1.807) is 48.5 Å². The summed E-state index contributed by atoms with van der Waals surface area (Å²) in [6, 6.07) is 13.7. The first-order chi connectivity index (χ1) is 39.8. The first kappa shape index (κ1) is 62.9. The molecule has 0 saturated carbocycles. The first-order valence-corrected chi connectivity index (χ1v) is 31.4. The van der Waals surface area contributed by atoms with E-state index in [-0.39, 0.29) is 94.2 Å². The van der Waals surface area contributed by atoms with Crippen molar-refractivity contribution in [2.75, 3.05) is 52.4 Å². The van der Waals surface area contributed by atoms with E-state index in [2.05, 4.69) is 75.0 Å². The van der Waals surface area contributed by atoms with Gasteiger partial charge in [-0.25, -0.2) is 0 Å². The summed E-state index contributed by atoms with van der Waals surface area (Å²) in [5.41, 5.74) is 8.46. The molecule has 12 rings (SSSR count). The Labute approximate surface area is 497 Å². The average Bonchev–Trinajstić information content (AvgIpc) is 2.44.